The van der Waals surface area contributed by atoms with Crippen molar-refractivity contribution in [1.82, 2.24) is 4.90 Å². The molecule has 1 aliphatic heterocycles. The van der Waals surface area contributed by atoms with Gasteiger partial charge in [0.2, 0.25) is 0 Å². The fourth-order valence-electron chi connectivity index (χ4n) is 1.85. The molecule has 1 heterocycles. The maximum absolute atomic E-state index is 11.9. The normalized spacial score (nSPS) is 21.6. The second-order valence-electron chi connectivity index (χ2n) is 5.39. The van der Waals surface area contributed by atoms with Gasteiger partial charge in [-0.2, -0.15) is 0 Å². The van der Waals surface area contributed by atoms with Gasteiger partial charge in [-0.05, 0) is 45.6 Å². The third-order valence-electron chi connectivity index (χ3n) is 2.60. The first-order valence-electron chi connectivity index (χ1n) is 6.10. The number of carbonyl (C=O) groups excluding carboxylic acids is 1. The van der Waals surface area contributed by atoms with Gasteiger partial charge in [-0.1, -0.05) is 0 Å². The van der Waals surface area contributed by atoms with Gasteiger partial charge in [-0.25, -0.2) is 4.79 Å². The third kappa shape index (κ3) is 5.11. The molecule has 0 aromatic carbocycles. The standard InChI is InChI=1S/C13H23NO3/c1-13(2,3)17-12(15)14-8-5-6-11(10-14)7-9-16-4/h7,9,11H,5-6,8,10H2,1-4H3/b9-7+/t11-/m0/s1. The Labute approximate surface area is 104 Å². The molecule has 0 aromatic rings. The lowest BCUT2D eigenvalue weighted by Gasteiger charge is -2.33. The Kier molecular flexibility index (Phi) is 4.85. The van der Waals surface area contributed by atoms with Gasteiger partial charge >= 0.3 is 6.09 Å². The highest BCUT2D eigenvalue weighted by Gasteiger charge is 2.26. The summed E-state index contributed by atoms with van der Waals surface area (Å²) >= 11 is 0. The van der Waals surface area contributed by atoms with E-state index in [4.69, 9.17) is 9.47 Å². The van der Waals surface area contributed by atoms with Crippen LogP contribution in [0, 0.1) is 5.92 Å². The van der Waals surface area contributed by atoms with E-state index in [-0.39, 0.29) is 6.09 Å². The number of hydrogen-bond donors (Lipinski definition) is 0. The highest BCUT2D eigenvalue weighted by Crippen LogP contribution is 2.20. The Hall–Kier alpha value is -1.19. The Morgan fingerprint density at radius 1 is 1.41 bits per heavy atom. The summed E-state index contributed by atoms with van der Waals surface area (Å²) < 4.78 is 10.3. The van der Waals surface area contributed by atoms with Crippen LogP contribution in [-0.2, 0) is 9.47 Å². The molecule has 0 spiro atoms. The number of piperidine rings is 1. The van der Waals surface area contributed by atoms with E-state index in [1.54, 1.807) is 18.3 Å². The summed E-state index contributed by atoms with van der Waals surface area (Å²) in [5.41, 5.74) is -0.424. The molecule has 1 amide bonds. The Morgan fingerprint density at radius 2 is 2.12 bits per heavy atom. The van der Waals surface area contributed by atoms with E-state index in [2.05, 4.69) is 0 Å². The highest BCUT2D eigenvalue weighted by atomic mass is 16.6. The van der Waals surface area contributed by atoms with E-state index in [1.807, 2.05) is 26.8 Å². The van der Waals surface area contributed by atoms with Crippen molar-refractivity contribution in [3.8, 4) is 0 Å². The first kappa shape index (κ1) is 13.9. The average Bonchev–Trinajstić information content (AvgIpc) is 2.24. The van der Waals surface area contributed by atoms with Crippen molar-refractivity contribution in [3.05, 3.63) is 12.3 Å². The molecule has 1 fully saturated rings. The van der Waals surface area contributed by atoms with Gasteiger partial charge in [0.15, 0.2) is 0 Å². The number of amides is 1. The van der Waals surface area contributed by atoms with Crippen LogP contribution >= 0.6 is 0 Å². The largest absolute Gasteiger partial charge is 0.505 e. The summed E-state index contributed by atoms with van der Waals surface area (Å²) in [4.78, 5) is 13.7. The van der Waals surface area contributed by atoms with Crippen molar-refractivity contribution in [1.29, 1.82) is 0 Å². The number of methoxy groups -OCH3 is 1. The predicted octanol–water partition coefficient (Wildman–Crippen LogP) is 2.79. The van der Waals surface area contributed by atoms with Crippen LogP contribution in [0.25, 0.3) is 0 Å². The van der Waals surface area contributed by atoms with Crippen molar-refractivity contribution in [3.63, 3.8) is 0 Å². The number of carbonyl (C=O) groups is 1. The monoisotopic (exact) mass is 241 g/mol. The van der Waals surface area contributed by atoms with Crippen molar-refractivity contribution >= 4 is 6.09 Å². The SMILES string of the molecule is CO/C=C/[C@@H]1CCCN(C(=O)OC(C)(C)C)C1. The lowest BCUT2D eigenvalue weighted by Crippen LogP contribution is -2.42. The molecule has 0 aliphatic carbocycles. The quantitative estimate of drug-likeness (QED) is 0.698. The molecule has 0 bridgehead atoms. The van der Waals surface area contributed by atoms with Crippen LogP contribution in [0.3, 0.4) is 0 Å². The molecule has 0 aromatic heterocycles. The predicted molar refractivity (Wildman–Crippen MR) is 66.7 cm³/mol. The summed E-state index contributed by atoms with van der Waals surface area (Å²) in [5.74, 6) is 0.371. The molecule has 17 heavy (non-hydrogen) atoms. The van der Waals surface area contributed by atoms with E-state index in [9.17, 15) is 4.79 Å². The van der Waals surface area contributed by atoms with Crippen LogP contribution < -0.4 is 0 Å². The van der Waals surface area contributed by atoms with Gasteiger partial charge in [-0.15, -0.1) is 0 Å². The molecule has 4 nitrogen and oxygen atoms in total. The number of rotatable bonds is 2. The van der Waals surface area contributed by atoms with Crippen molar-refractivity contribution in [2.45, 2.75) is 39.2 Å². The number of nitrogens with zero attached hydrogens (tertiary/aromatic N) is 1. The summed E-state index contributed by atoms with van der Waals surface area (Å²) in [6.45, 7) is 7.16. The third-order valence-corrected chi connectivity index (χ3v) is 2.60. The number of likely N-dealkylation sites (tertiary alicyclic amines) is 1. The minimum atomic E-state index is -0.424. The molecule has 4 heteroatoms. The van der Waals surface area contributed by atoms with Crippen LogP contribution in [0.15, 0.2) is 12.3 Å². The lowest BCUT2D eigenvalue weighted by atomic mass is 9.98. The first-order valence-corrected chi connectivity index (χ1v) is 6.10. The van der Waals surface area contributed by atoms with Gasteiger partial charge < -0.3 is 14.4 Å². The molecule has 1 rings (SSSR count). The van der Waals surface area contributed by atoms with E-state index < -0.39 is 5.60 Å². The van der Waals surface area contributed by atoms with Crippen molar-refractivity contribution < 1.29 is 14.3 Å². The zero-order valence-corrected chi connectivity index (χ0v) is 11.2. The Morgan fingerprint density at radius 3 is 2.71 bits per heavy atom. The van der Waals surface area contributed by atoms with Gasteiger partial charge in [0.25, 0.3) is 0 Å². The second kappa shape index (κ2) is 5.94. The van der Waals surface area contributed by atoms with Crippen LogP contribution in [-0.4, -0.2) is 36.8 Å². The molecule has 1 atom stereocenters. The fraction of sp³-hybridized carbons (Fsp3) is 0.769. The average molecular weight is 241 g/mol. The van der Waals surface area contributed by atoms with E-state index in [1.165, 1.54) is 0 Å². The topological polar surface area (TPSA) is 38.8 Å². The van der Waals surface area contributed by atoms with Gasteiger partial charge in [0, 0.05) is 13.1 Å². The number of ether oxygens (including phenoxy) is 2. The summed E-state index contributed by atoms with van der Waals surface area (Å²) in [6, 6.07) is 0. The van der Waals surface area contributed by atoms with E-state index >= 15 is 0 Å². The van der Waals surface area contributed by atoms with Crippen molar-refractivity contribution in [2.24, 2.45) is 5.92 Å². The zero-order valence-electron chi connectivity index (χ0n) is 11.2. The van der Waals surface area contributed by atoms with Gasteiger partial charge in [0.1, 0.15) is 5.60 Å². The molecule has 0 radical (unpaired) electrons. The zero-order chi connectivity index (χ0) is 12.9. The van der Waals surface area contributed by atoms with Gasteiger partial charge in [-0.3, -0.25) is 0 Å². The molecule has 0 N–H and O–H groups in total. The van der Waals surface area contributed by atoms with E-state index in [0.717, 1.165) is 25.9 Å². The summed E-state index contributed by atoms with van der Waals surface area (Å²) in [6.07, 6.45) is 5.59. The lowest BCUT2D eigenvalue weighted by molar-refractivity contribution is 0.0186. The Balaban J connectivity index is 2.49. The first-order chi connectivity index (χ1) is 7.92. The van der Waals surface area contributed by atoms with Gasteiger partial charge in [0.05, 0.1) is 13.4 Å². The summed E-state index contributed by atoms with van der Waals surface area (Å²) in [5, 5.41) is 0. The second-order valence-corrected chi connectivity index (χ2v) is 5.39. The van der Waals surface area contributed by atoms with Crippen molar-refractivity contribution in [2.75, 3.05) is 20.2 Å². The highest BCUT2D eigenvalue weighted by molar-refractivity contribution is 5.68. The molecule has 98 valence electrons. The van der Waals surface area contributed by atoms with Crippen LogP contribution in [0.5, 0.6) is 0 Å². The van der Waals surface area contributed by atoms with Crippen LogP contribution in [0.4, 0.5) is 4.79 Å². The minimum absolute atomic E-state index is 0.215. The fourth-order valence-corrected chi connectivity index (χ4v) is 1.85. The minimum Gasteiger partial charge on any atom is -0.505 e. The molecule has 1 aliphatic rings. The molecular formula is C13H23NO3. The molecular weight excluding hydrogens is 218 g/mol. The smallest absolute Gasteiger partial charge is 0.410 e. The van der Waals surface area contributed by atoms with Crippen LogP contribution in [0.1, 0.15) is 33.6 Å². The maximum Gasteiger partial charge on any atom is 0.410 e. The Bertz CT molecular complexity index is 281. The van der Waals surface area contributed by atoms with E-state index in [0.29, 0.717) is 5.92 Å². The molecule has 0 unspecified atom stereocenters. The molecule has 0 saturated carbocycles. The molecule has 1 saturated heterocycles. The number of hydrogen-bond acceptors (Lipinski definition) is 3. The maximum atomic E-state index is 11.9. The summed E-state index contributed by atoms with van der Waals surface area (Å²) in [7, 11) is 1.63. The van der Waals surface area contributed by atoms with Crippen LogP contribution in [0.2, 0.25) is 0 Å².